The summed E-state index contributed by atoms with van der Waals surface area (Å²) in [5.41, 5.74) is 5.72. The molecule has 2 N–H and O–H groups in total. The molecule has 1 unspecified atom stereocenters. The lowest BCUT2D eigenvalue weighted by Crippen LogP contribution is -2.16. The van der Waals surface area contributed by atoms with Gasteiger partial charge in [-0.3, -0.25) is 4.79 Å². The normalized spacial score (nSPS) is 10.8. The molecule has 0 fully saturated rings. The van der Waals surface area contributed by atoms with E-state index in [1.807, 2.05) is 5.38 Å². The molecule has 0 saturated carbocycles. The van der Waals surface area contributed by atoms with E-state index in [1.165, 1.54) is 11.3 Å². The zero-order valence-electron chi connectivity index (χ0n) is 8.21. The number of rotatable bonds is 4. The molecule has 1 aromatic rings. The molecule has 1 rings (SSSR count). The predicted octanol–water partition coefficient (Wildman–Crippen LogP) is 1.94. The molecule has 0 radical (unpaired) electrons. The van der Waals surface area contributed by atoms with Gasteiger partial charge in [0.25, 0.3) is 0 Å². The van der Waals surface area contributed by atoms with E-state index in [0.717, 1.165) is 5.01 Å². The molecule has 0 amide bonds. The maximum Gasteiger partial charge on any atom is 0.307 e. The summed E-state index contributed by atoms with van der Waals surface area (Å²) in [4.78, 5) is 15.0. The fourth-order valence-corrected chi connectivity index (χ4v) is 1.55. The van der Waals surface area contributed by atoms with E-state index in [9.17, 15) is 4.79 Å². The zero-order valence-corrected chi connectivity index (χ0v) is 10.7. The number of thiazole rings is 1. The summed E-state index contributed by atoms with van der Waals surface area (Å²) in [6, 6.07) is -0.334. The highest BCUT2D eigenvalue weighted by Crippen LogP contribution is 2.16. The number of carbonyl (C=O) groups excluding carboxylic acids is 1. The summed E-state index contributed by atoms with van der Waals surface area (Å²) < 4.78 is 4.77. The second-order valence-corrected chi connectivity index (χ2v) is 3.41. The molecule has 0 bridgehead atoms. The first kappa shape index (κ1) is 17.0. The number of halogens is 2. The van der Waals surface area contributed by atoms with Crippen molar-refractivity contribution in [2.24, 2.45) is 5.73 Å². The van der Waals surface area contributed by atoms with Crippen molar-refractivity contribution in [2.75, 3.05) is 6.61 Å². The van der Waals surface area contributed by atoms with Crippen molar-refractivity contribution < 1.29 is 9.53 Å². The van der Waals surface area contributed by atoms with Crippen molar-refractivity contribution in [3.63, 3.8) is 0 Å². The van der Waals surface area contributed by atoms with Crippen LogP contribution in [0.2, 0.25) is 0 Å². The molecule has 0 spiro atoms. The summed E-state index contributed by atoms with van der Waals surface area (Å²) in [5.74, 6) is -0.273. The van der Waals surface area contributed by atoms with Crippen molar-refractivity contribution >= 4 is 42.1 Å². The second kappa shape index (κ2) is 8.91. The Bertz CT molecular complexity index is 270. The average molecular weight is 273 g/mol. The van der Waals surface area contributed by atoms with Crippen molar-refractivity contribution in [1.29, 1.82) is 0 Å². The van der Waals surface area contributed by atoms with Crippen molar-refractivity contribution in [2.45, 2.75) is 19.4 Å². The monoisotopic (exact) mass is 272 g/mol. The minimum atomic E-state index is -0.334. The average Bonchev–Trinajstić information content (AvgIpc) is 2.55. The Morgan fingerprint density at radius 2 is 2.33 bits per heavy atom. The van der Waals surface area contributed by atoms with Gasteiger partial charge in [-0.1, -0.05) is 0 Å². The third kappa shape index (κ3) is 5.94. The van der Waals surface area contributed by atoms with Gasteiger partial charge in [0, 0.05) is 11.6 Å². The Balaban J connectivity index is 0. The minimum Gasteiger partial charge on any atom is -0.466 e. The van der Waals surface area contributed by atoms with E-state index in [1.54, 1.807) is 13.1 Å². The van der Waals surface area contributed by atoms with Crippen molar-refractivity contribution in [1.82, 2.24) is 4.98 Å². The van der Waals surface area contributed by atoms with Crippen LogP contribution < -0.4 is 5.73 Å². The first-order chi connectivity index (χ1) is 6.24. The van der Waals surface area contributed by atoms with E-state index < -0.39 is 0 Å². The molecule has 0 aliphatic carbocycles. The van der Waals surface area contributed by atoms with Crippen molar-refractivity contribution in [3.05, 3.63) is 16.6 Å². The molecule has 15 heavy (non-hydrogen) atoms. The first-order valence-electron chi connectivity index (χ1n) is 4.04. The van der Waals surface area contributed by atoms with E-state index >= 15 is 0 Å². The number of carbonyl (C=O) groups is 1. The Labute approximate surface area is 105 Å². The van der Waals surface area contributed by atoms with E-state index in [4.69, 9.17) is 10.5 Å². The molecular formula is C8H14Cl2N2O2S. The molecule has 4 nitrogen and oxygen atoms in total. The zero-order chi connectivity index (χ0) is 9.68. The van der Waals surface area contributed by atoms with Gasteiger partial charge in [0.1, 0.15) is 5.01 Å². The van der Waals surface area contributed by atoms with Crippen LogP contribution in [0.25, 0.3) is 0 Å². The lowest BCUT2D eigenvalue weighted by atomic mass is 10.2. The van der Waals surface area contributed by atoms with E-state index in [-0.39, 0.29) is 43.2 Å². The summed E-state index contributed by atoms with van der Waals surface area (Å²) in [5, 5.41) is 2.61. The predicted molar refractivity (Wildman–Crippen MR) is 64.8 cm³/mol. The second-order valence-electron chi connectivity index (χ2n) is 2.49. The van der Waals surface area contributed by atoms with Crippen LogP contribution in [0.3, 0.4) is 0 Å². The molecule has 0 aromatic carbocycles. The SMILES string of the molecule is CCOC(=O)CC(N)c1nccs1.Cl.Cl. The highest BCUT2D eigenvalue weighted by Gasteiger charge is 2.13. The molecule has 1 atom stereocenters. The van der Waals surface area contributed by atoms with Gasteiger partial charge in [0.05, 0.1) is 19.1 Å². The summed E-state index contributed by atoms with van der Waals surface area (Å²) in [6.45, 7) is 2.16. The maximum atomic E-state index is 11.0. The van der Waals surface area contributed by atoms with Crippen LogP contribution in [0, 0.1) is 0 Å². The van der Waals surface area contributed by atoms with Gasteiger partial charge in [0.15, 0.2) is 0 Å². The summed E-state index contributed by atoms with van der Waals surface area (Å²) in [7, 11) is 0. The number of ether oxygens (including phenoxy) is 1. The van der Waals surface area contributed by atoms with Crippen LogP contribution in [0.4, 0.5) is 0 Å². The number of hydrogen-bond acceptors (Lipinski definition) is 5. The van der Waals surface area contributed by atoms with Crippen LogP contribution >= 0.6 is 36.2 Å². The van der Waals surface area contributed by atoms with E-state index in [0.29, 0.717) is 6.61 Å². The maximum absolute atomic E-state index is 11.0. The molecule has 0 aliphatic heterocycles. The molecular weight excluding hydrogens is 259 g/mol. The number of nitrogens with two attached hydrogens (primary N) is 1. The Morgan fingerprint density at radius 3 is 2.80 bits per heavy atom. The standard InChI is InChI=1S/C8H12N2O2S.2ClH/c1-2-12-7(11)5-6(9)8-10-3-4-13-8;;/h3-4,6H,2,5,9H2,1H3;2*1H. The third-order valence-corrected chi connectivity index (χ3v) is 2.37. The minimum absolute atomic E-state index is 0. The first-order valence-corrected chi connectivity index (χ1v) is 4.92. The lowest BCUT2D eigenvalue weighted by molar-refractivity contribution is -0.143. The number of nitrogens with zero attached hydrogens (tertiary/aromatic N) is 1. The molecule has 7 heteroatoms. The van der Waals surface area contributed by atoms with Gasteiger partial charge >= 0.3 is 5.97 Å². The van der Waals surface area contributed by atoms with Crippen LogP contribution in [-0.2, 0) is 9.53 Å². The van der Waals surface area contributed by atoms with Crippen LogP contribution in [-0.4, -0.2) is 17.6 Å². The fourth-order valence-electron chi connectivity index (χ4n) is 0.904. The van der Waals surface area contributed by atoms with Gasteiger partial charge < -0.3 is 10.5 Å². The lowest BCUT2D eigenvalue weighted by Gasteiger charge is -2.06. The summed E-state index contributed by atoms with van der Waals surface area (Å²) >= 11 is 1.45. The van der Waals surface area contributed by atoms with Crippen LogP contribution in [0.5, 0.6) is 0 Å². The van der Waals surface area contributed by atoms with Gasteiger partial charge in [-0.15, -0.1) is 36.2 Å². The Kier molecular flexibility index (Phi) is 10.1. The molecule has 1 heterocycles. The topological polar surface area (TPSA) is 65.2 Å². The molecule has 0 saturated heterocycles. The highest BCUT2D eigenvalue weighted by molar-refractivity contribution is 7.09. The Morgan fingerprint density at radius 1 is 1.67 bits per heavy atom. The third-order valence-electron chi connectivity index (χ3n) is 1.46. The van der Waals surface area contributed by atoms with Crippen LogP contribution in [0.1, 0.15) is 24.4 Å². The fraction of sp³-hybridized carbons (Fsp3) is 0.500. The van der Waals surface area contributed by atoms with Gasteiger partial charge in [-0.25, -0.2) is 4.98 Å². The van der Waals surface area contributed by atoms with Gasteiger partial charge in [-0.2, -0.15) is 0 Å². The smallest absolute Gasteiger partial charge is 0.307 e. The summed E-state index contributed by atoms with van der Waals surface area (Å²) in [6.07, 6.45) is 1.87. The molecule has 88 valence electrons. The quantitative estimate of drug-likeness (QED) is 0.851. The Hall–Kier alpha value is -0.360. The largest absolute Gasteiger partial charge is 0.466 e. The van der Waals surface area contributed by atoms with Gasteiger partial charge in [-0.05, 0) is 6.92 Å². The van der Waals surface area contributed by atoms with Crippen LogP contribution in [0.15, 0.2) is 11.6 Å². The van der Waals surface area contributed by atoms with Gasteiger partial charge in [0.2, 0.25) is 0 Å². The molecule has 1 aromatic heterocycles. The number of hydrogen-bond donors (Lipinski definition) is 1. The van der Waals surface area contributed by atoms with Crippen molar-refractivity contribution in [3.8, 4) is 0 Å². The molecule has 0 aliphatic rings. The number of esters is 1. The van der Waals surface area contributed by atoms with E-state index in [2.05, 4.69) is 4.98 Å². The number of aromatic nitrogens is 1. The highest BCUT2D eigenvalue weighted by atomic mass is 35.5.